The summed E-state index contributed by atoms with van der Waals surface area (Å²) in [6, 6.07) is 25.1. The molecule has 0 radical (unpaired) electrons. The van der Waals surface area contributed by atoms with Crippen molar-refractivity contribution in [3.05, 3.63) is 96.4 Å². The first-order valence-corrected chi connectivity index (χ1v) is 14.8. The molecule has 37 heavy (non-hydrogen) atoms. The maximum absolute atomic E-state index is 15.9. The topological polar surface area (TPSA) is 37.0 Å². The quantitative estimate of drug-likeness (QED) is 0.196. The number of benzene rings is 3. The van der Waals surface area contributed by atoms with Crippen LogP contribution < -0.4 is 15.7 Å². The van der Waals surface area contributed by atoms with Gasteiger partial charge in [-0.3, -0.25) is 5.32 Å². The van der Waals surface area contributed by atoms with Crippen LogP contribution in [0.4, 0.5) is 8.78 Å². The van der Waals surface area contributed by atoms with E-state index in [1.807, 2.05) is 49.5 Å². The SMILES string of the molecule is CC(Cc1c[nH]c2ccc(F)cc12)NC(O[Si](c1ccccc1)(c1ccccc1)C(C)(C)C)C(C)(C)F. The zero-order valence-corrected chi connectivity index (χ0v) is 23.6. The standard InChI is InChI=1S/C31H38F2N2OSi/c1-22(19-23-21-34-28-18-17-24(32)20-27(23)28)35-29(31(5,6)33)36-37(30(2,3)4,25-13-9-7-10-14-25)26-15-11-8-12-16-26/h7-18,20-22,29,34-35H,19H2,1-6H3. The summed E-state index contributed by atoms with van der Waals surface area (Å²) in [6.45, 7) is 11.7. The van der Waals surface area contributed by atoms with Gasteiger partial charge >= 0.3 is 0 Å². The van der Waals surface area contributed by atoms with E-state index in [9.17, 15) is 4.39 Å². The highest BCUT2D eigenvalue weighted by Gasteiger charge is 2.53. The number of fused-ring (bicyclic) bond motifs is 1. The van der Waals surface area contributed by atoms with Gasteiger partial charge in [0.05, 0.1) is 0 Å². The van der Waals surface area contributed by atoms with Gasteiger partial charge in [0, 0.05) is 23.1 Å². The van der Waals surface area contributed by atoms with Gasteiger partial charge in [-0.05, 0) is 66.4 Å². The molecule has 0 aliphatic rings. The Kier molecular flexibility index (Phi) is 7.74. The van der Waals surface area contributed by atoms with E-state index < -0.39 is 20.2 Å². The normalized spacial score (nSPS) is 14.6. The van der Waals surface area contributed by atoms with Crippen molar-refractivity contribution in [3.63, 3.8) is 0 Å². The Balaban J connectivity index is 1.72. The van der Waals surface area contributed by atoms with E-state index in [2.05, 4.69) is 55.3 Å². The van der Waals surface area contributed by atoms with Crippen molar-refractivity contribution in [2.75, 3.05) is 0 Å². The van der Waals surface area contributed by atoms with E-state index in [1.54, 1.807) is 26.0 Å². The maximum atomic E-state index is 15.9. The van der Waals surface area contributed by atoms with Crippen LogP contribution in [0.1, 0.15) is 47.1 Å². The van der Waals surface area contributed by atoms with E-state index in [0.717, 1.165) is 26.8 Å². The largest absolute Gasteiger partial charge is 0.389 e. The van der Waals surface area contributed by atoms with Crippen molar-refractivity contribution in [3.8, 4) is 0 Å². The summed E-state index contributed by atoms with van der Waals surface area (Å²) in [5, 5.41) is 6.24. The molecule has 6 heteroatoms. The predicted molar refractivity (Wildman–Crippen MR) is 152 cm³/mol. The number of halogens is 2. The van der Waals surface area contributed by atoms with Gasteiger partial charge < -0.3 is 9.41 Å². The van der Waals surface area contributed by atoms with Crippen molar-refractivity contribution in [2.24, 2.45) is 0 Å². The smallest absolute Gasteiger partial charge is 0.263 e. The Morgan fingerprint density at radius 2 is 1.46 bits per heavy atom. The molecule has 3 nitrogen and oxygen atoms in total. The molecule has 4 aromatic rings. The van der Waals surface area contributed by atoms with Crippen LogP contribution in [0, 0.1) is 5.82 Å². The highest BCUT2D eigenvalue weighted by atomic mass is 28.4. The molecule has 0 saturated heterocycles. The van der Waals surface area contributed by atoms with Gasteiger partial charge in [-0.1, -0.05) is 81.4 Å². The Morgan fingerprint density at radius 3 is 1.97 bits per heavy atom. The lowest BCUT2D eigenvalue weighted by molar-refractivity contribution is -0.000525. The Morgan fingerprint density at radius 1 is 0.892 bits per heavy atom. The summed E-state index contributed by atoms with van der Waals surface area (Å²) in [6.07, 6.45) is 1.64. The number of hydrogen-bond acceptors (Lipinski definition) is 2. The van der Waals surface area contributed by atoms with Gasteiger partial charge in [0.1, 0.15) is 17.7 Å². The van der Waals surface area contributed by atoms with Gasteiger partial charge in [-0.2, -0.15) is 0 Å². The molecule has 0 saturated carbocycles. The second-order valence-corrected chi connectivity index (χ2v) is 15.8. The number of H-pyrrole nitrogens is 1. The molecule has 2 unspecified atom stereocenters. The number of rotatable bonds is 9. The Bertz CT molecular complexity index is 1270. The third-order valence-electron chi connectivity index (χ3n) is 7.03. The molecular weight excluding hydrogens is 482 g/mol. The maximum Gasteiger partial charge on any atom is 0.263 e. The minimum absolute atomic E-state index is 0.125. The van der Waals surface area contributed by atoms with Crippen molar-refractivity contribution in [2.45, 2.75) is 70.9 Å². The first-order valence-electron chi connectivity index (χ1n) is 12.9. The van der Waals surface area contributed by atoms with Crippen LogP contribution in [-0.4, -0.2) is 31.2 Å². The van der Waals surface area contributed by atoms with Gasteiger partial charge in [-0.15, -0.1) is 0 Å². The molecule has 2 N–H and O–H groups in total. The summed E-state index contributed by atoms with van der Waals surface area (Å²) in [5.41, 5.74) is 0.207. The molecule has 0 aliphatic heterocycles. The number of aromatic nitrogens is 1. The number of hydrogen-bond donors (Lipinski definition) is 2. The minimum Gasteiger partial charge on any atom is -0.389 e. The van der Waals surface area contributed by atoms with Crippen LogP contribution in [0.15, 0.2) is 85.1 Å². The predicted octanol–water partition coefficient (Wildman–Crippen LogP) is 6.48. The third kappa shape index (κ3) is 5.71. The molecule has 0 fully saturated rings. The summed E-state index contributed by atoms with van der Waals surface area (Å²) in [7, 11) is -2.98. The lowest BCUT2D eigenvalue weighted by Gasteiger charge is -2.47. The summed E-state index contributed by atoms with van der Waals surface area (Å²) < 4.78 is 37.0. The number of nitrogens with one attached hydrogen (secondary N) is 2. The number of alkyl halides is 1. The van der Waals surface area contributed by atoms with Crippen molar-refractivity contribution in [1.29, 1.82) is 0 Å². The number of aromatic amines is 1. The fraction of sp³-hybridized carbons (Fsp3) is 0.355. The molecule has 0 spiro atoms. The summed E-state index contributed by atoms with van der Waals surface area (Å²) >= 11 is 0. The molecule has 0 bridgehead atoms. The fourth-order valence-electron chi connectivity index (χ4n) is 5.21. The highest BCUT2D eigenvalue weighted by molar-refractivity contribution is 6.99. The van der Waals surface area contributed by atoms with E-state index >= 15 is 4.39 Å². The Labute approximate surface area is 220 Å². The highest BCUT2D eigenvalue weighted by Crippen LogP contribution is 2.39. The van der Waals surface area contributed by atoms with Crippen LogP contribution in [0.3, 0.4) is 0 Å². The van der Waals surface area contributed by atoms with Crippen LogP contribution >= 0.6 is 0 Å². The molecule has 1 heterocycles. The van der Waals surface area contributed by atoms with Gasteiger partial charge in [-0.25, -0.2) is 8.78 Å². The molecule has 4 rings (SSSR count). The summed E-state index contributed by atoms with van der Waals surface area (Å²) in [5.74, 6) is -0.272. The zero-order chi connectivity index (χ0) is 26.8. The minimum atomic E-state index is -2.98. The van der Waals surface area contributed by atoms with Crippen LogP contribution in [-0.2, 0) is 10.8 Å². The molecule has 196 valence electrons. The molecule has 3 aromatic carbocycles. The molecule has 0 amide bonds. The lowest BCUT2D eigenvalue weighted by Crippen LogP contribution is -2.70. The van der Waals surface area contributed by atoms with Crippen LogP contribution in [0.5, 0.6) is 0 Å². The van der Waals surface area contributed by atoms with Crippen LogP contribution in [0.2, 0.25) is 5.04 Å². The molecule has 0 aliphatic carbocycles. The average molecular weight is 521 g/mol. The van der Waals surface area contributed by atoms with Crippen LogP contribution in [0.25, 0.3) is 10.9 Å². The van der Waals surface area contributed by atoms with Gasteiger partial charge in [0.25, 0.3) is 8.32 Å². The first-order chi connectivity index (χ1) is 17.4. The van der Waals surface area contributed by atoms with Gasteiger partial charge in [0.15, 0.2) is 0 Å². The molecular formula is C31H38F2N2OSi. The monoisotopic (exact) mass is 520 g/mol. The van der Waals surface area contributed by atoms with Crippen molar-refractivity contribution < 1.29 is 13.2 Å². The first kappa shape index (κ1) is 27.2. The van der Waals surface area contributed by atoms with E-state index in [-0.39, 0.29) is 16.9 Å². The third-order valence-corrected chi connectivity index (χ3v) is 12.0. The average Bonchev–Trinajstić information content (AvgIpc) is 3.23. The Hall–Kier alpha value is -2.80. The zero-order valence-electron chi connectivity index (χ0n) is 22.6. The van der Waals surface area contributed by atoms with E-state index in [1.165, 1.54) is 6.07 Å². The van der Waals surface area contributed by atoms with Crippen molar-refractivity contribution in [1.82, 2.24) is 10.3 Å². The second-order valence-electron chi connectivity index (χ2n) is 11.5. The fourth-order valence-corrected chi connectivity index (χ4v) is 9.92. The molecule has 1 aromatic heterocycles. The van der Waals surface area contributed by atoms with Crippen molar-refractivity contribution >= 4 is 29.6 Å². The van der Waals surface area contributed by atoms with E-state index in [4.69, 9.17) is 4.43 Å². The van der Waals surface area contributed by atoms with Gasteiger partial charge in [0.2, 0.25) is 0 Å². The van der Waals surface area contributed by atoms with E-state index in [0.29, 0.717) is 6.42 Å². The molecule has 2 atom stereocenters. The second kappa shape index (κ2) is 10.5. The summed E-state index contributed by atoms with van der Waals surface area (Å²) in [4.78, 5) is 3.21. The lowest BCUT2D eigenvalue weighted by atomic mass is 10.0.